The Morgan fingerprint density at radius 1 is 1.10 bits per heavy atom. The van der Waals surface area contributed by atoms with E-state index in [9.17, 15) is 19.7 Å². The molecule has 0 radical (unpaired) electrons. The van der Waals surface area contributed by atoms with E-state index in [4.69, 9.17) is 0 Å². The number of hydrogen-bond donors (Lipinski definition) is 1. The molecule has 0 atom stereocenters. The molecule has 29 heavy (non-hydrogen) atoms. The van der Waals surface area contributed by atoms with Gasteiger partial charge >= 0.3 is 0 Å². The molecule has 3 rings (SSSR count). The van der Waals surface area contributed by atoms with E-state index in [2.05, 4.69) is 26.3 Å². The summed E-state index contributed by atoms with van der Waals surface area (Å²) in [5.74, 6) is -0.364. The first kappa shape index (κ1) is 20.4. The van der Waals surface area contributed by atoms with Crippen LogP contribution in [-0.4, -0.2) is 20.6 Å². The molecule has 0 fully saturated rings. The van der Waals surface area contributed by atoms with Gasteiger partial charge in [-0.25, -0.2) is 4.68 Å². The minimum atomic E-state index is -0.549. The highest BCUT2D eigenvalue weighted by Gasteiger charge is 2.14. The van der Waals surface area contributed by atoms with Crippen molar-refractivity contribution >= 4 is 33.2 Å². The van der Waals surface area contributed by atoms with Crippen LogP contribution in [0.25, 0.3) is 11.3 Å². The summed E-state index contributed by atoms with van der Waals surface area (Å²) in [5, 5.41) is 17.9. The molecule has 9 heteroatoms. The Hall–Kier alpha value is -3.33. The molecule has 148 valence electrons. The number of nitrogens with zero attached hydrogens (tertiary/aromatic N) is 3. The van der Waals surface area contributed by atoms with E-state index < -0.39 is 4.92 Å². The number of halogens is 1. The number of carbonyl (C=O) groups is 1. The average Bonchev–Trinajstić information content (AvgIpc) is 2.70. The maximum atomic E-state index is 12.1. The highest BCUT2D eigenvalue weighted by molar-refractivity contribution is 9.10. The normalized spacial score (nSPS) is 10.5. The zero-order valence-corrected chi connectivity index (χ0v) is 16.8. The van der Waals surface area contributed by atoms with Gasteiger partial charge in [-0.15, -0.1) is 0 Å². The number of nitro benzene ring substituents is 1. The summed E-state index contributed by atoms with van der Waals surface area (Å²) in [7, 11) is 0. The molecule has 1 aromatic heterocycles. The first-order valence-electron chi connectivity index (χ1n) is 8.81. The second kappa shape index (κ2) is 9.24. The van der Waals surface area contributed by atoms with Gasteiger partial charge in [0.15, 0.2) is 0 Å². The lowest BCUT2D eigenvalue weighted by Gasteiger charge is -2.08. The van der Waals surface area contributed by atoms with Crippen LogP contribution in [0.3, 0.4) is 0 Å². The number of hydrogen-bond acceptors (Lipinski definition) is 5. The molecule has 1 heterocycles. The molecule has 0 saturated carbocycles. The topological polar surface area (TPSA) is 107 Å². The summed E-state index contributed by atoms with van der Waals surface area (Å²) in [5.41, 5.74) is 1.25. The fraction of sp³-hybridized carbons (Fsp3) is 0.150. The van der Waals surface area contributed by atoms with Crippen LogP contribution in [0.5, 0.6) is 0 Å². The van der Waals surface area contributed by atoms with Crippen molar-refractivity contribution in [2.75, 3.05) is 5.32 Å². The number of aryl methyl sites for hydroxylation is 1. The van der Waals surface area contributed by atoms with Gasteiger partial charge in [-0.3, -0.25) is 19.7 Å². The first-order valence-corrected chi connectivity index (χ1v) is 9.61. The summed E-state index contributed by atoms with van der Waals surface area (Å²) in [6.07, 6.45) is 0.464. The predicted octanol–water partition coefficient (Wildman–Crippen LogP) is 4.00. The molecule has 2 aromatic carbocycles. The monoisotopic (exact) mass is 456 g/mol. The minimum Gasteiger partial charge on any atom is -0.320 e. The summed E-state index contributed by atoms with van der Waals surface area (Å²) in [6.45, 7) is 0.257. The van der Waals surface area contributed by atoms with E-state index in [0.717, 1.165) is 10.0 Å². The van der Waals surface area contributed by atoms with Crippen molar-refractivity contribution < 1.29 is 9.72 Å². The quantitative estimate of drug-likeness (QED) is 0.426. The zero-order chi connectivity index (χ0) is 20.8. The van der Waals surface area contributed by atoms with Crippen LogP contribution in [0.1, 0.15) is 12.8 Å². The molecule has 0 saturated heterocycles. The van der Waals surface area contributed by atoms with Gasteiger partial charge in [0.1, 0.15) is 5.69 Å². The van der Waals surface area contributed by atoms with E-state index in [-0.39, 0.29) is 35.8 Å². The van der Waals surface area contributed by atoms with Crippen molar-refractivity contribution in [1.82, 2.24) is 9.78 Å². The van der Waals surface area contributed by atoms with Gasteiger partial charge in [-0.1, -0.05) is 40.2 Å². The Balaban J connectivity index is 1.62. The number of nitro groups is 1. The third-order valence-corrected chi connectivity index (χ3v) is 4.68. The Kier molecular flexibility index (Phi) is 6.50. The highest BCUT2D eigenvalue weighted by Crippen LogP contribution is 2.23. The molecule has 8 nitrogen and oxygen atoms in total. The lowest BCUT2D eigenvalue weighted by atomic mass is 10.1. The van der Waals surface area contributed by atoms with Crippen LogP contribution in [0, 0.1) is 10.1 Å². The van der Waals surface area contributed by atoms with Crippen molar-refractivity contribution in [3.8, 4) is 11.3 Å². The lowest BCUT2D eigenvalue weighted by molar-refractivity contribution is -0.383. The third-order valence-electron chi connectivity index (χ3n) is 4.16. The summed E-state index contributed by atoms with van der Waals surface area (Å²) >= 11 is 3.38. The maximum Gasteiger partial charge on any atom is 0.292 e. The second-order valence-corrected chi connectivity index (χ2v) is 7.13. The van der Waals surface area contributed by atoms with E-state index in [1.807, 2.05) is 24.3 Å². The number of rotatable bonds is 7. The Morgan fingerprint density at radius 2 is 1.83 bits per heavy atom. The summed E-state index contributed by atoms with van der Waals surface area (Å²) in [4.78, 5) is 34.7. The number of amides is 1. The molecule has 0 bridgehead atoms. The number of aromatic nitrogens is 2. The van der Waals surface area contributed by atoms with Gasteiger partial charge in [-0.2, -0.15) is 5.10 Å². The predicted molar refractivity (Wildman–Crippen MR) is 113 cm³/mol. The molecule has 1 N–H and O–H groups in total. The molecule has 0 aliphatic heterocycles. The molecular formula is C20H17BrN4O4. The SMILES string of the molecule is O=C(CCCn1nc(-c2ccc(Br)cc2)ccc1=O)Nc1ccccc1[N+](=O)[O-]. The molecule has 3 aromatic rings. The fourth-order valence-electron chi connectivity index (χ4n) is 2.72. The van der Waals surface area contributed by atoms with Crippen molar-refractivity contribution in [3.63, 3.8) is 0 Å². The Morgan fingerprint density at radius 3 is 2.55 bits per heavy atom. The molecule has 0 aliphatic carbocycles. The standard InChI is InChI=1S/C20H17BrN4O4/c21-15-9-7-14(8-10-15)16-11-12-20(27)24(23-16)13-3-6-19(26)22-17-4-1-2-5-18(17)25(28)29/h1-2,4-5,7-12H,3,6,13H2,(H,22,26). The average molecular weight is 457 g/mol. The minimum absolute atomic E-state index is 0.0999. The Bertz CT molecular complexity index is 1100. The van der Waals surface area contributed by atoms with Crippen molar-refractivity contribution in [2.24, 2.45) is 0 Å². The van der Waals surface area contributed by atoms with Gasteiger partial charge in [0, 0.05) is 35.1 Å². The van der Waals surface area contributed by atoms with Crippen LogP contribution < -0.4 is 10.9 Å². The number of carbonyl (C=O) groups excluding carboxylic acids is 1. The summed E-state index contributed by atoms with van der Waals surface area (Å²) in [6, 6.07) is 16.6. The van der Waals surface area contributed by atoms with Gasteiger partial charge in [0.05, 0.1) is 10.6 Å². The zero-order valence-electron chi connectivity index (χ0n) is 15.2. The fourth-order valence-corrected chi connectivity index (χ4v) is 2.99. The van der Waals surface area contributed by atoms with Gasteiger partial charge in [0.2, 0.25) is 5.91 Å². The first-order chi connectivity index (χ1) is 13.9. The molecule has 0 aliphatic rings. The van der Waals surface area contributed by atoms with E-state index in [1.54, 1.807) is 12.1 Å². The van der Waals surface area contributed by atoms with Gasteiger partial charge in [-0.05, 0) is 30.7 Å². The molecule has 0 unspecified atom stereocenters. The molecular weight excluding hydrogens is 440 g/mol. The van der Waals surface area contributed by atoms with E-state index >= 15 is 0 Å². The lowest BCUT2D eigenvalue weighted by Crippen LogP contribution is -2.23. The largest absolute Gasteiger partial charge is 0.320 e. The van der Waals surface area contributed by atoms with E-state index in [0.29, 0.717) is 12.1 Å². The van der Waals surface area contributed by atoms with Crippen molar-refractivity contribution in [2.45, 2.75) is 19.4 Å². The second-order valence-electron chi connectivity index (χ2n) is 6.21. The highest BCUT2D eigenvalue weighted by atomic mass is 79.9. The van der Waals surface area contributed by atoms with Gasteiger partial charge in [0.25, 0.3) is 11.2 Å². The number of para-hydroxylation sites is 2. The Labute approximate surface area is 174 Å². The molecule has 0 spiro atoms. The molecule has 1 amide bonds. The van der Waals surface area contributed by atoms with Crippen molar-refractivity contribution in [3.05, 3.63) is 85.6 Å². The van der Waals surface area contributed by atoms with Crippen molar-refractivity contribution in [1.29, 1.82) is 0 Å². The maximum absolute atomic E-state index is 12.1. The van der Waals surface area contributed by atoms with Crippen LogP contribution in [0.4, 0.5) is 11.4 Å². The van der Waals surface area contributed by atoms with Crippen LogP contribution in [-0.2, 0) is 11.3 Å². The number of anilines is 1. The van der Waals surface area contributed by atoms with Gasteiger partial charge < -0.3 is 5.32 Å². The third kappa shape index (κ3) is 5.35. The van der Waals surface area contributed by atoms with Crippen LogP contribution in [0.15, 0.2) is 69.9 Å². The van der Waals surface area contributed by atoms with Crippen LogP contribution >= 0.6 is 15.9 Å². The number of nitrogens with one attached hydrogen (secondary N) is 1. The smallest absolute Gasteiger partial charge is 0.292 e. The van der Waals surface area contributed by atoms with E-state index in [1.165, 1.54) is 28.9 Å². The van der Waals surface area contributed by atoms with Crippen LogP contribution in [0.2, 0.25) is 0 Å². The summed E-state index contributed by atoms with van der Waals surface area (Å²) < 4.78 is 2.26. The number of benzene rings is 2.